The Morgan fingerprint density at radius 3 is 2.08 bits per heavy atom. The lowest BCUT2D eigenvalue weighted by atomic mass is 9.98. The van der Waals surface area contributed by atoms with Crippen LogP contribution in [0.25, 0.3) is 32.9 Å². The van der Waals surface area contributed by atoms with Crippen molar-refractivity contribution in [2.75, 3.05) is 0 Å². The van der Waals surface area contributed by atoms with Gasteiger partial charge in [0.15, 0.2) is 0 Å². The van der Waals surface area contributed by atoms with Crippen molar-refractivity contribution < 1.29 is 0 Å². The summed E-state index contributed by atoms with van der Waals surface area (Å²) in [6, 6.07) is 17.6. The Balaban J connectivity index is 2.15. The first-order chi connectivity index (χ1) is 12.4. The minimum Gasteiger partial charge on any atom is -0.232 e. The van der Waals surface area contributed by atoms with Gasteiger partial charge in [-0.2, -0.15) is 0 Å². The maximum absolute atomic E-state index is 4.97. The summed E-state index contributed by atoms with van der Waals surface area (Å²) >= 11 is 0. The summed E-state index contributed by atoms with van der Waals surface area (Å²) in [6.45, 7) is 10.7. The molecule has 0 saturated heterocycles. The monoisotopic (exact) mass is 340 g/mol. The Morgan fingerprint density at radius 2 is 1.38 bits per heavy atom. The zero-order valence-electron chi connectivity index (χ0n) is 16.1. The fourth-order valence-electron chi connectivity index (χ4n) is 3.63. The normalized spacial score (nSPS) is 11.6. The van der Waals surface area contributed by atoms with Crippen LogP contribution in [-0.2, 0) is 0 Å². The molecule has 0 aliphatic rings. The molecule has 0 bridgehead atoms. The maximum Gasteiger partial charge on any atom is 0.132 e. The van der Waals surface area contributed by atoms with Crippen molar-refractivity contribution in [2.24, 2.45) is 0 Å². The van der Waals surface area contributed by atoms with E-state index >= 15 is 0 Å². The first kappa shape index (κ1) is 16.7. The first-order valence-corrected chi connectivity index (χ1v) is 9.22. The highest BCUT2D eigenvalue weighted by Gasteiger charge is 2.14. The van der Waals surface area contributed by atoms with Crippen LogP contribution in [0.1, 0.15) is 42.3 Å². The Kier molecular flexibility index (Phi) is 3.99. The van der Waals surface area contributed by atoms with Gasteiger partial charge in [-0.05, 0) is 50.4 Å². The lowest BCUT2D eigenvalue weighted by molar-refractivity contribution is 0.785. The van der Waals surface area contributed by atoms with Crippen LogP contribution in [0.5, 0.6) is 0 Å². The van der Waals surface area contributed by atoms with Gasteiger partial charge in [-0.25, -0.2) is 9.97 Å². The van der Waals surface area contributed by atoms with Crippen molar-refractivity contribution in [3.8, 4) is 11.3 Å². The minimum absolute atomic E-state index is 0.282. The van der Waals surface area contributed by atoms with Gasteiger partial charge in [-0.3, -0.25) is 0 Å². The molecule has 3 aromatic carbocycles. The van der Waals surface area contributed by atoms with E-state index in [1.807, 2.05) is 0 Å². The predicted molar refractivity (Wildman–Crippen MR) is 111 cm³/mol. The number of hydrogen-bond acceptors (Lipinski definition) is 2. The molecule has 0 saturated carbocycles. The zero-order chi connectivity index (χ0) is 18.4. The second kappa shape index (κ2) is 6.21. The molecule has 0 amide bonds. The largest absolute Gasteiger partial charge is 0.232 e. The van der Waals surface area contributed by atoms with E-state index in [0.717, 1.165) is 22.4 Å². The van der Waals surface area contributed by atoms with Crippen LogP contribution >= 0.6 is 0 Å². The summed E-state index contributed by atoms with van der Waals surface area (Å²) in [6.07, 6.45) is 0. The number of aromatic nitrogens is 2. The van der Waals surface area contributed by atoms with Gasteiger partial charge >= 0.3 is 0 Å². The van der Waals surface area contributed by atoms with Crippen molar-refractivity contribution in [3.05, 3.63) is 71.0 Å². The van der Waals surface area contributed by atoms with E-state index < -0.39 is 0 Å². The molecule has 0 atom stereocenters. The molecule has 0 unspecified atom stereocenters. The lowest BCUT2D eigenvalue weighted by Crippen LogP contribution is -2.01. The topological polar surface area (TPSA) is 25.8 Å². The molecule has 4 rings (SSSR count). The highest BCUT2D eigenvalue weighted by molar-refractivity contribution is 6.09. The molecule has 26 heavy (non-hydrogen) atoms. The van der Waals surface area contributed by atoms with Gasteiger partial charge in [0.25, 0.3) is 0 Å². The Morgan fingerprint density at radius 1 is 0.692 bits per heavy atom. The molecular formula is C24H24N2. The SMILES string of the molecule is Cc1cc(C)cc(-c2nc(C(C)C)nc3c2ccc2ccc(C)cc23)c1. The fourth-order valence-corrected chi connectivity index (χ4v) is 3.63. The average Bonchev–Trinajstić information content (AvgIpc) is 2.59. The van der Waals surface area contributed by atoms with Crippen molar-refractivity contribution in [1.29, 1.82) is 0 Å². The molecule has 130 valence electrons. The number of rotatable bonds is 2. The van der Waals surface area contributed by atoms with Crippen molar-refractivity contribution in [3.63, 3.8) is 0 Å². The van der Waals surface area contributed by atoms with Crippen LogP contribution in [0.3, 0.4) is 0 Å². The van der Waals surface area contributed by atoms with Gasteiger partial charge in [-0.15, -0.1) is 0 Å². The molecule has 0 spiro atoms. The fraction of sp³-hybridized carbons (Fsp3) is 0.250. The second-order valence-corrected chi connectivity index (χ2v) is 7.65. The molecule has 0 radical (unpaired) electrons. The number of nitrogens with zero attached hydrogens (tertiary/aromatic N) is 2. The quantitative estimate of drug-likeness (QED) is 0.389. The van der Waals surface area contributed by atoms with E-state index in [9.17, 15) is 0 Å². The Hall–Kier alpha value is -2.74. The lowest BCUT2D eigenvalue weighted by Gasteiger charge is -2.14. The average molecular weight is 340 g/mol. The Labute approximate surface area is 154 Å². The summed E-state index contributed by atoms with van der Waals surface area (Å²) in [7, 11) is 0. The van der Waals surface area contributed by atoms with Gasteiger partial charge in [0.05, 0.1) is 11.2 Å². The van der Waals surface area contributed by atoms with Crippen molar-refractivity contribution >= 4 is 21.7 Å². The van der Waals surface area contributed by atoms with E-state index in [1.165, 1.54) is 33.0 Å². The van der Waals surface area contributed by atoms with Crippen molar-refractivity contribution in [1.82, 2.24) is 9.97 Å². The van der Waals surface area contributed by atoms with Crippen LogP contribution in [0.15, 0.2) is 48.5 Å². The molecule has 2 heteroatoms. The van der Waals surface area contributed by atoms with E-state index in [0.29, 0.717) is 0 Å². The molecule has 2 nitrogen and oxygen atoms in total. The van der Waals surface area contributed by atoms with Crippen LogP contribution < -0.4 is 0 Å². The summed E-state index contributed by atoms with van der Waals surface area (Å²) in [5.74, 6) is 1.18. The maximum atomic E-state index is 4.97. The van der Waals surface area contributed by atoms with Gasteiger partial charge in [-0.1, -0.05) is 54.8 Å². The molecule has 1 heterocycles. The summed E-state index contributed by atoms with van der Waals surface area (Å²) in [5.41, 5.74) is 7.03. The standard InChI is InChI=1S/C24H24N2/c1-14(2)24-25-22(19-11-16(4)10-17(5)12-19)20-9-8-18-7-6-15(3)13-21(18)23(20)26-24/h6-14H,1-5H3. The third-order valence-corrected chi connectivity index (χ3v) is 4.87. The molecule has 0 N–H and O–H groups in total. The van der Waals surface area contributed by atoms with E-state index in [-0.39, 0.29) is 5.92 Å². The van der Waals surface area contributed by atoms with Crippen LogP contribution in [0.4, 0.5) is 0 Å². The molecule has 0 aliphatic carbocycles. The van der Waals surface area contributed by atoms with Crippen LogP contribution in [0, 0.1) is 20.8 Å². The van der Waals surface area contributed by atoms with E-state index in [1.54, 1.807) is 0 Å². The van der Waals surface area contributed by atoms with E-state index in [2.05, 4.69) is 83.1 Å². The highest BCUT2D eigenvalue weighted by atomic mass is 14.9. The number of benzene rings is 3. The summed E-state index contributed by atoms with van der Waals surface area (Å²) in [4.78, 5) is 9.93. The number of hydrogen-bond donors (Lipinski definition) is 0. The van der Waals surface area contributed by atoms with Gasteiger partial charge in [0, 0.05) is 22.3 Å². The van der Waals surface area contributed by atoms with Crippen molar-refractivity contribution in [2.45, 2.75) is 40.5 Å². The number of aryl methyl sites for hydroxylation is 3. The predicted octanol–water partition coefficient (Wildman–Crippen LogP) is 6.50. The third kappa shape index (κ3) is 2.86. The molecule has 0 fully saturated rings. The van der Waals surface area contributed by atoms with Crippen LogP contribution in [-0.4, -0.2) is 9.97 Å². The Bertz CT molecular complexity index is 1120. The van der Waals surface area contributed by atoms with Crippen LogP contribution in [0.2, 0.25) is 0 Å². The number of fused-ring (bicyclic) bond motifs is 3. The summed E-state index contributed by atoms with van der Waals surface area (Å²) in [5, 5.41) is 3.55. The molecular weight excluding hydrogens is 316 g/mol. The van der Waals surface area contributed by atoms with Gasteiger partial charge in [0.2, 0.25) is 0 Å². The highest BCUT2D eigenvalue weighted by Crippen LogP contribution is 2.33. The third-order valence-electron chi connectivity index (χ3n) is 4.87. The zero-order valence-corrected chi connectivity index (χ0v) is 16.1. The molecule has 0 aliphatic heterocycles. The summed E-state index contributed by atoms with van der Waals surface area (Å²) < 4.78 is 0. The smallest absolute Gasteiger partial charge is 0.132 e. The first-order valence-electron chi connectivity index (χ1n) is 9.22. The molecule has 1 aromatic heterocycles. The second-order valence-electron chi connectivity index (χ2n) is 7.65. The van der Waals surface area contributed by atoms with Gasteiger partial charge in [0.1, 0.15) is 5.82 Å². The minimum atomic E-state index is 0.282. The van der Waals surface area contributed by atoms with E-state index in [4.69, 9.17) is 9.97 Å². The molecule has 4 aromatic rings. The van der Waals surface area contributed by atoms with Gasteiger partial charge < -0.3 is 0 Å².